The first-order chi connectivity index (χ1) is 9.06. The fourth-order valence-corrected chi connectivity index (χ4v) is 2.53. The van der Waals surface area contributed by atoms with Gasteiger partial charge in [-0.2, -0.15) is 5.26 Å². The van der Waals surface area contributed by atoms with Crippen molar-refractivity contribution >= 4 is 22.7 Å². The van der Waals surface area contributed by atoms with Crippen molar-refractivity contribution in [2.75, 3.05) is 12.8 Å². The van der Waals surface area contributed by atoms with Crippen LogP contribution in [0.2, 0.25) is 0 Å². The van der Waals surface area contributed by atoms with Crippen LogP contribution in [0.25, 0.3) is 10.4 Å². The number of non-ortho nitro benzene ring substituents is 1. The smallest absolute Gasteiger partial charge is 0.273 e. The molecule has 0 unspecified atom stereocenters. The maximum Gasteiger partial charge on any atom is 0.273 e. The van der Waals surface area contributed by atoms with Crippen molar-refractivity contribution in [3.8, 4) is 22.3 Å². The van der Waals surface area contributed by atoms with Crippen molar-refractivity contribution in [3.63, 3.8) is 0 Å². The molecule has 0 saturated heterocycles. The molecule has 1 aromatic carbocycles. The predicted octanol–water partition coefficient (Wildman–Crippen LogP) is 2.79. The summed E-state index contributed by atoms with van der Waals surface area (Å²) >= 11 is 1.22. The molecular weight excluding hydrogens is 266 g/mol. The number of nitriles is 1. The summed E-state index contributed by atoms with van der Waals surface area (Å²) in [6, 6.07) is 7.98. The Hall–Kier alpha value is -2.59. The molecule has 1 heterocycles. The van der Waals surface area contributed by atoms with Gasteiger partial charge in [-0.15, -0.1) is 11.3 Å². The van der Waals surface area contributed by atoms with Crippen molar-refractivity contribution in [1.82, 2.24) is 0 Å². The van der Waals surface area contributed by atoms with Crippen molar-refractivity contribution in [2.45, 2.75) is 0 Å². The minimum atomic E-state index is -0.490. The summed E-state index contributed by atoms with van der Waals surface area (Å²) in [7, 11) is 1.44. The van der Waals surface area contributed by atoms with Crippen LogP contribution in [0.3, 0.4) is 0 Å². The second kappa shape index (κ2) is 4.96. The van der Waals surface area contributed by atoms with Gasteiger partial charge < -0.3 is 10.5 Å². The molecule has 0 aliphatic rings. The molecule has 2 rings (SSSR count). The van der Waals surface area contributed by atoms with Gasteiger partial charge in [-0.05, 0) is 12.1 Å². The Kier molecular flexibility index (Phi) is 3.35. The molecule has 0 fully saturated rings. The molecule has 1 aromatic heterocycles. The van der Waals surface area contributed by atoms with Crippen LogP contribution in [0.5, 0.6) is 5.75 Å². The van der Waals surface area contributed by atoms with Gasteiger partial charge in [0.2, 0.25) is 0 Å². The molecule has 0 radical (unpaired) electrons. The van der Waals surface area contributed by atoms with Gasteiger partial charge in [-0.1, -0.05) is 0 Å². The molecular formula is C12H9N3O3S. The van der Waals surface area contributed by atoms with Gasteiger partial charge in [0.1, 0.15) is 16.7 Å². The topological polar surface area (TPSA) is 102 Å². The van der Waals surface area contributed by atoms with Gasteiger partial charge in [-0.3, -0.25) is 10.1 Å². The second-order valence-electron chi connectivity index (χ2n) is 3.65. The van der Waals surface area contributed by atoms with Gasteiger partial charge in [0, 0.05) is 16.5 Å². The van der Waals surface area contributed by atoms with Crippen molar-refractivity contribution in [3.05, 3.63) is 39.3 Å². The van der Waals surface area contributed by atoms with Gasteiger partial charge in [0.15, 0.2) is 0 Å². The van der Waals surface area contributed by atoms with Crippen molar-refractivity contribution < 1.29 is 9.66 Å². The monoisotopic (exact) mass is 275 g/mol. The van der Waals surface area contributed by atoms with Gasteiger partial charge >= 0.3 is 0 Å². The van der Waals surface area contributed by atoms with Crippen molar-refractivity contribution in [1.29, 1.82) is 5.26 Å². The highest BCUT2D eigenvalue weighted by molar-refractivity contribution is 7.16. The standard InChI is InChI=1S/C12H9N3O3S/c1-18-10-4-7(15(16)17)2-3-8(10)11-5-9(14)12(6-13)19-11/h2-5H,14H2,1H3. The number of benzene rings is 1. The average molecular weight is 275 g/mol. The molecule has 0 aliphatic carbocycles. The van der Waals surface area contributed by atoms with Gasteiger partial charge in [-0.25, -0.2) is 0 Å². The number of thiophene rings is 1. The molecule has 0 amide bonds. The molecule has 0 saturated carbocycles. The van der Waals surface area contributed by atoms with Crippen LogP contribution >= 0.6 is 11.3 Å². The lowest BCUT2D eigenvalue weighted by Crippen LogP contribution is -1.91. The molecule has 19 heavy (non-hydrogen) atoms. The minimum absolute atomic E-state index is 0.0503. The minimum Gasteiger partial charge on any atom is -0.496 e. The third kappa shape index (κ3) is 2.34. The number of hydrogen-bond acceptors (Lipinski definition) is 6. The van der Waals surface area contributed by atoms with E-state index in [1.165, 1.54) is 30.6 Å². The van der Waals surface area contributed by atoms with E-state index in [1.54, 1.807) is 12.1 Å². The highest BCUT2D eigenvalue weighted by Crippen LogP contribution is 2.39. The van der Waals surface area contributed by atoms with Crippen LogP contribution in [0.1, 0.15) is 4.88 Å². The van der Waals surface area contributed by atoms with Crippen LogP contribution in [-0.4, -0.2) is 12.0 Å². The molecule has 6 nitrogen and oxygen atoms in total. The molecule has 2 N–H and O–H groups in total. The lowest BCUT2D eigenvalue weighted by atomic mass is 10.1. The summed E-state index contributed by atoms with van der Waals surface area (Å²) in [6.07, 6.45) is 0. The Morgan fingerprint density at radius 1 is 1.47 bits per heavy atom. The van der Waals surface area contributed by atoms with Crippen LogP contribution in [0.15, 0.2) is 24.3 Å². The third-order valence-electron chi connectivity index (χ3n) is 2.52. The average Bonchev–Trinajstić information content (AvgIpc) is 2.78. The maximum atomic E-state index is 10.7. The number of methoxy groups -OCH3 is 1. The number of anilines is 1. The van der Waals surface area contributed by atoms with E-state index in [0.717, 1.165) is 4.88 Å². The largest absolute Gasteiger partial charge is 0.496 e. The van der Waals surface area contributed by atoms with E-state index in [4.69, 9.17) is 15.7 Å². The number of nitrogens with zero attached hydrogens (tertiary/aromatic N) is 2. The summed E-state index contributed by atoms with van der Waals surface area (Å²) in [6.45, 7) is 0. The number of nitrogen functional groups attached to an aromatic ring is 1. The van der Waals surface area contributed by atoms with Crippen LogP contribution in [-0.2, 0) is 0 Å². The van der Waals surface area contributed by atoms with E-state index < -0.39 is 4.92 Å². The van der Waals surface area contributed by atoms with E-state index in [1.807, 2.05) is 6.07 Å². The summed E-state index contributed by atoms with van der Waals surface area (Å²) in [5.41, 5.74) is 6.71. The first-order valence-electron chi connectivity index (χ1n) is 5.19. The van der Waals surface area contributed by atoms with Crippen LogP contribution < -0.4 is 10.5 Å². The Bertz CT molecular complexity index is 688. The molecule has 0 bridgehead atoms. The SMILES string of the molecule is COc1cc([N+](=O)[O-])ccc1-c1cc(N)c(C#N)s1. The lowest BCUT2D eigenvalue weighted by molar-refractivity contribution is -0.384. The summed E-state index contributed by atoms with van der Waals surface area (Å²) in [4.78, 5) is 11.4. The van der Waals surface area contributed by atoms with E-state index in [9.17, 15) is 10.1 Å². The molecule has 2 aromatic rings. The lowest BCUT2D eigenvalue weighted by Gasteiger charge is -2.05. The van der Waals surface area contributed by atoms with Gasteiger partial charge in [0.25, 0.3) is 5.69 Å². The first-order valence-corrected chi connectivity index (χ1v) is 6.00. The summed E-state index contributed by atoms with van der Waals surface area (Å²) < 4.78 is 5.15. The highest BCUT2D eigenvalue weighted by Gasteiger charge is 2.15. The Balaban J connectivity index is 2.55. The Labute approximate surface area is 112 Å². The van der Waals surface area contributed by atoms with Crippen molar-refractivity contribution in [2.24, 2.45) is 0 Å². The number of ether oxygens (including phenoxy) is 1. The fraction of sp³-hybridized carbons (Fsp3) is 0.0833. The number of nitro groups is 1. The number of nitrogens with two attached hydrogens (primary N) is 1. The normalized spacial score (nSPS) is 9.89. The number of hydrogen-bond donors (Lipinski definition) is 1. The molecule has 0 atom stereocenters. The number of rotatable bonds is 3. The molecule has 96 valence electrons. The predicted molar refractivity (Wildman–Crippen MR) is 72.1 cm³/mol. The molecule has 0 spiro atoms. The van der Waals surface area contributed by atoms with E-state index in [2.05, 4.69) is 0 Å². The van der Waals surface area contributed by atoms with E-state index in [0.29, 0.717) is 21.9 Å². The molecule has 0 aliphatic heterocycles. The Morgan fingerprint density at radius 2 is 2.21 bits per heavy atom. The maximum absolute atomic E-state index is 10.7. The third-order valence-corrected chi connectivity index (χ3v) is 3.61. The number of nitro benzene ring substituents is 1. The zero-order valence-electron chi connectivity index (χ0n) is 9.91. The van der Waals surface area contributed by atoms with Crippen LogP contribution in [0.4, 0.5) is 11.4 Å². The molecule has 7 heteroatoms. The summed E-state index contributed by atoms with van der Waals surface area (Å²) in [5.74, 6) is 0.375. The second-order valence-corrected chi connectivity index (χ2v) is 4.70. The van der Waals surface area contributed by atoms with E-state index in [-0.39, 0.29) is 5.69 Å². The zero-order valence-corrected chi connectivity index (χ0v) is 10.7. The van der Waals surface area contributed by atoms with E-state index >= 15 is 0 Å². The highest BCUT2D eigenvalue weighted by atomic mass is 32.1. The first kappa shape index (κ1) is 12.9. The fourth-order valence-electron chi connectivity index (χ4n) is 1.62. The Morgan fingerprint density at radius 3 is 2.74 bits per heavy atom. The zero-order chi connectivity index (χ0) is 14.0. The quantitative estimate of drug-likeness (QED) is 0.685. The van der Waals surface area contributed by atoms with Crippen LogP contribution in [0, 0.1) is 21.4 Å². The summed E-state index contributed by atoms with van der Waals surface area (Å²) in [5, 5.41) is 19.6. The van der Waals surface area contributed by atoms with Gasteiger partial charge in [0.05, 0.1) is 23.8 Å².